The molecule has 0 spiro atoms. The van der Waals surface area contributed by atoms with Crippen molar-refractivity contribution in [2.75, 3.05) is 11.9 Å². The highest BCUT2D eigenvalue weighted by Crippen LogP contribution is 2.31. The summed E-state index contributed by atoms with van der Waals surface area (Å²) in [4.78, 5) is 20.4. The predicted molar refractivity (Wildman–Crippen MR) is 135 cm³/mol. The zero-order valence-electron chi connectivity index (χ0n) is 18.6. The van der Waals surface area contributed by atoms with Crippen LogP contribution in [0.5, 0.6) is 0 Å². The van der Waals surface area contributed by atoms with Crippen molar-refractivity contribution in [1.82, 2.24) is 14.5 Å². The lowest BCUT2D eigenvalue weighted by atomic mass is 10.0. The number of carbonyl (C=O) groups excluding carboxylic acids is 1. The maximum Gasteiger partial charge on any atom is 0.216 e. The zero-order chi connectivity index (χ0) is 23.7. The molecule has 0 bridgehead atoms. The molecule has 0 fully saturated rings. The summed E-state index contributed by atoms with van der Waals surface area (Å²) in [6.07, 6.45) is 2.24. The summed E-state index contributed by atoms with van der Waals surface area (Å²) in [7, 11) is 0. The van der Waals surface area contributed by atoms with Crippen molar-refractivity contribution in [3.63, 3.8) is 0 Å². The van der Waals surface area contributed by atoms with Crippen molar-refractivity contribution in [3.8, 4) is 11.3 Å². The van der Waals surface area contributed by atoms with E-state index in [1.165, 1.54) is 12.4 Å². The number of anilines is 1. The van der Waals surface area contributed by atoms with E-state index in [2.05, 4.69) is 32.5 Å². The number of fused-ring (bicyclic) bond motifs is 1. The summed E-state index contributed by atoms with van der Waals surface area (Å²) in [6, 6.07) is 10.8. The number of halogens is 2. The van der Waals surface area contributed by atoms with Crippen LogP contribution < -0.4 is 5.32 Å². The van der Waals surface area contributed by atoms with Crippen molar-refractivity contribution in [1.29, 1.82) is 0 Å². The molecule has 0 aliphatic rings. The zero-order valence-corrected chi connectivity index (χ0v) is 20.3. The van der Waals surface area contributed by atoms with Crippen LogP contribution in [-0.2, 0) is 13.0 Å². The van der Waals surface area contributed by atoms with Crippen molar-refractivity contribution >= 4 is 46.1 Å². The maximum absolute atomic E-state index is 14.1. The summed E-state index contributed by atoms with van der Waals surface area (Å²) >= 11 is 10.3. The minimum atomic E-state index is -0.297. The van der Waals surface area contributed by atoms with E-state index in [1.807, 2.05) is 38.1 Å². The smallest absolute Gasteiger partial charge is 0.216 e. The van der Waals surface area contributed by atoms with Crippen molar-refractivity contribution in [3.05, 3.63) is 75.9 Å². The second-order valence-electron chi connectivity index (χ2n) is 7.91. The van der Waals surface area contributed by atoms with E-state index in [0.717, 1.165) is 39.8 Å². The van der Waals surface area contributed by atoms with Crippen molar-refractivity contribution in [2.45, 2.75) is 33.7 Å². The summed E-state index contributed by atoms with van der Waals surface area (Å²) in [5.41, 5.74) is 5.66. The molecular weight excluding hydrogens is 459 g/mol. The molecule has 8 heteroatoms. The lowest BCUT2D eigenvalue weighted by Crippen LogP contribution is -2.12. The summed E-state index contributed by atoms with van der Waals surface area (Å²) < 4.78 is 16.2. The quantitative estimate of drug-likeness (QED) is 0.305. The molecule has 0 saturated carbocycles. The van der Waals surface area contributed by atoms with Crippen LogP contribution in [0.15, 0.2) is 42.7 Å². The molecule has 33 heavy (non-hydrogen) atoms. The van der Waals surface area contributed by atoms with Gasteiger partial charge in [-0.25, -0.2) is 14.4 Å². The van der Waals surface area contributed by atoms with Crippen LogP contribution in [0.4, 0.5) is 10.2 Å². The minimum Gasteiger partial charge on any atom is -0.368 e. The van der Waals surface area contributed by atoms with Crippen LogP contribution in [0, 0.1) is 19.7 Å². The normalized spacial score (nSPS) is 11.2. The van der Waals surface area contributed by atoms with Gasteiger partial charge in [-0.3, -0.25) is 4.79 Å². The van der Waals surface area contributed by atoms with E-state index in [1.54, 1.807) is 13.0 Å². The standard InChI is InChI=1S/C25H24ClFN4OS/c1-4-16-10-17(5-6-18(16)25(32)33)22-12-23(30-13-29-22)28-7-8-31-14(2)9-19-15(3)21(27)11-20(26)24(19)31/h5-6,9-13H,4,7-8H2,1-3H3,(H,32,33)(H,28,29,30). The van der Waals surface area contributed by atoms with Gasteiger partial charge in [0, 0.05) is 41.4 Å². The summed E-state index contributed by atoms with van der Waals surface area (Å²) in [6.45, 7) is 6.99. The lowest BCUT2D eigenvalue weighted by molar-refractivity contribution is 0.109. The van der Waals surface area contributed by atoms with Crippen LogP contribution >= 0.6 is 24.2 Å². The number of benzene rings is 2. The second kappa shape index (κ2) is 9.53. The highest BCUT2D eigenvalue weighted by molar-refractivity contribution is 7.97. The molecule has 2 aromatic heterocycles. The van der Waals surface area contributed by atoms with Gasteiger partial charge in [0.05, 0.1) is 16.2 Å². The maximum atomic E-state index is 14.1. The molecule has 4 rings (SSSR count). The Morgan fingerprint density at radius 3 is 2.70 bits per heavy atom. The number of nitrogens with one attached hydrogen (secondary N) is 1. The van der Waals surface area contributed by atoms with Crippen LogP contribution in [0.1, 0.15) is 34.1 Å². The fourth-order valence-electron chi connectivity index (χ4n) is 4.09. The fraction of sp³-hybridized carbons (Fsp3) is 0.240. The van der Waals surface area contributed by atoms with E-state index in [-0.39, 0.29) is 10.9 Å². The summed E-state index contributed by atoms with van der Waals surface area (Å²) in [5.74, 6) is 0.393. The number of aryl methyl sites for hydroxylation is 3. The molecule has 1 N–H and O–H groups in total. The Labute approximate surface area is 202 Å². The third-order valence-electron chi connectivity index (χ3n) is 5.87. The molecule has 170 valence electrons. The van der Waals surface area contributed by atoms with E-state index < -0.39 is 0 Å². The largest absolute Gasteiger partial charge is 0.368 e. The van der Waals surface area contributed by atoms with Crippen molar-refractivity contribution in [2.24, 2.45) is 0 Å². The first-order chi connectivity index (χ1) is 15.8. The van der Waals surface area contributed by atoms with Crippen LogP contribution in [0.3, 0.4) is 0 Å². The van der Waals surface area contributed by atoms with Gasteiger partial charge in [-0.1, -0.05) is 24.6 Å². The van der Waals surface area contributed by atoms with E-state index in [9.17, 15) is 9.18 Å². The average molecular weight is 483 g/mol. The molecule has 0 aliphatic carbocycles. The molecule has 2 heterocycles. The topological polar surface area (TPSA) is 59.8 Å². The molecule has 0 radical (unpaired) electrons. The van der Waals surface area contributed by atoms with Crippen LogP contribution in [-0.4, -0.2) is 26.2 Å². The van der Waals surface area contributed by atoms with Crippen LogP contribution in [0.25, 0.3) is 22.2 Å². The van der Waals surface area contributed by atoms with Gasteiger partial charge >= 0.3 is 0 Å². The first kappa shape index (κ1) is 23.3. The van der Waals surface area contributed by atoms with Gasteiger partial charge in [0.2, 0.25) is 5.12 Å². The van der Waals surface area contributed by atoms with E-state index in [4.69, 9.17) is 11.6 Å². The van der Waals surface area contributed by atoms with Gasteiger partial charge in [-0.2, -0.15) is 0 Å². The molecule has 4 aromatic rings. The predicted octanol–water partition coefficient (Wildman–Crippen LogP) is 6.25. The van der Waals surface area contributed by atoms with Gasteiger partial charge < -0.3 is 9.88 Å². The number of thiol groups is 1. The van der Waals surface area contributed by atoms with Gasteiger partial charge in [-0.05, 0) is 55.7 Å². The molecular formula is C25H24ClFN4OS. The fourth-order valence-corrected chi connectivity index (χ4v) is 4.60. The highest BCUT2D eigenvalue weighted by atomic mass is 35.5. The molecule has 0 saturated heterocycles. The van der Waals surface area contributed by atoms with Gasteiger partial charge in [0.15, 0.2) is 0 Å². The van der Waals surface area contributed by atoms with Gasteiger partial charge in [0.25, 0.3) is 0 Å². The first-order valence-electron chi connectivity index (χ1n) is 10.7. The lowest BCUT2D eigenvalue weighted by Gasteiger charge is -2.12. The van der Waals surface area contributed by atoms with E-state index in [0.29, 0.717) is 35.1 Å². The molecule has 5 nitrogen and oxygen atoms in total. The number of rotatable bonds is 7. The Hall–Kier alpha value is -2.90. The number of hydrogen-bond acceptors (Lipinski definition) is 4. The van der Waals surface area contributed by atoms with Gasteiger partial charge in [0.1, 0.15) is 18.0 Å². The molecule has 0 atom stereocenters. The minimum absolute atomic E-state index is 0.241. The Balaban J connectivity index is 1.54. The van der Waals surface area contributed by atoms with Gasteiger partial charge in [-0.15, -0.1) is 12.6 Å². The first-order valence-corrected chi connectivity index (χ1v) is 11.5. The molecule has 0 unspecified atom stereocenters. The van der Waals surface area contributed by atoms with E-state index >= 15 is 0 Å². The number of hydrogen-bond donors (Lipinski definition) is 2. The second-order valence-corrected chi connectivity index (χ2v) is 8.72. The Morgan fingerprint density at radius 2 is 1.97 bits per heavy atom. The number of carbonyl (C=O) groups is 1. The summed E-state index contributed by atoms with van der Waals surface area (Å²) in [5, 5.41) is 4.33. The van der Waals surface area contributed by atoms with Crippen LogP contribution in [0.2, 0.25) is 5.02 Å². The highest BCUT2D eigenvalue weighted by Gasteiger charge is 2.15. The Bertz CT molecular complexity index is 1370. The molecule has 2 aromatic carbocycles. The molecule has 0 amide bonds. The monoisotopic (exact) mass is 482 g/mol. The number of aromatic nitrogens is 3. The number of nitrogens with zero attached hydrogens (tertiary/aromatic N) is 3. The average Bonchev–Trinajstić information content (AvgIpc) is 3.14. The Morgan fingerprint density at radius 1 is 1.18 bits per heavy atom. The third kappa shape index (κ3) is 4.61. The molecule has 0 aliphatic heterocycles. The SMILES string of the molecule is CCc1cc(-c2cc(NCCn3c(C)cc4c(C)c(F)cc(Cl)c43)ncn2)ccc1C(=O)S. The Kier molecular flexibility index (Phi) is 6.72. The third-order valence-corrected chi connectivity index (χ3v) is 6.40. The van der Waals surface area contributed by atoms with Crippen molar-refractivity contribution < 1.29 is 9.18 Å².